The normalized spacial score (nSPS) is 11.1. The molecule has 0 amide bonds. The van der Waals surface area contributed by atoms with Gasteiger partial charge in [-0.2, -0.15) is 0 Å². The van der Waals surface area contributed by atoms with Crippen molar-refractivity contribution in [3.8, 4) is 0 Å². The van der Waals surface area contributed by atoms with E-state index in [9.17, 15) is 5.02 Å². The maximum Gasteiger partial charge on any atom is 0.327 e. The van der Waals surface area contributed by atoms with E-state index >= 15 is 0 Å². The lowest BCUT2D eigenvalue weighted by atomic mass is 9.75. The summed E-state index contributed by atoms with van der Waals surface area (Å²) in [5.74, 6) is 0.902. The van der Waals surface area contributed by atoms with Crippen molar-refractivity contribution in [2.75, 3.05) is 0 Å². The van der Waals surface area contributed by atoms with E-state index in [2.05, 4.69) is 45.9 Å². The molecule has 0 spiro atoms. The van der Waals surface area contributed by atoms with E-state index in [-0.39, 0.29) is 0 Å². The fraction of sp³-hybridized carbons (Fsp3) is 0.500. The second kappa shape index (κ2) is 4.65. The zero-order valence-electron chi connectivity index (χ0n) is 9.41. The largest absolute Gasteiger partial charge is 0.450 e. The Balaban J connectivity index is 3.25. The van der Waals surface area contributed by atoms with Crippen molar-refractivity contribution in [1.29, 1.82) is 0 Å². The molecule has 1 aromatic rings. The summed E-state index contributed by atoms with van der Waals surface area (Å²) < 4.78 is 0. The smallest absolute Gasteiger partial charge is 0.327 e. The van der Waals surface area contributed by atoms with Gasteiger partial charge in [-0.1, -0.05) is 45.9 Å². The molecular weight excluding hydrogens is 171 g/mol. The van der Waals surface area contributed by atoms with Gasteiger partial charge in [-0.05, 0) is 28.4 Å². The Morgan fingerprint density at radius 1 is 1.00 bits per heavy atom. The summed E-state index contributed by atoms with van der Waals surface area (Å²) in [6.07, 6.45) is 0. The molecule has 1 radical (unpaired) electrons. The minimum atomic E-state index is 0.451. The third-order valence-electron chi connectivity index (χ3n) is 2.55. The van der Waals surface area contributed by atoms with E-state index in [4.69, 9.17) is 0 Å². The van der Waals surface area contributed by atoms with E-state index in [0.29, 0.717) is 11.8 Å². The van der Waals surface area contributed by atoms with Gasteiger partial charge in [0.05, 0.1) is 0 Å². The van der Waals surface area contributed by atoms with Crippen molar-refractivity contribution in [1.82, 2.24) is 0 Å². The maximum atomic E-state index is 9.27. The molecule has 75 valence electrons. The number of hydrogen-bond acceptors (Lipinski definition) is 1. The van der Waals surface area contributed by atoms with Gasteiger partial charge in [0.2, 0.25) is 0 Å². The van der Waals surface area contributed by atoms with Crippen LogP contribution in [0.2, 0.25) is 0 Å². The van der Waals surface area contributed by atoms with Gasteiger partial charge >= 0.3 is 7.48 Å². The van der Waals surface area contributed by atoms with E-state index < -0.39 is 0 Å². The number of hydrogen-bond donors (Lipinski definition) is 1. The summed E-state index contributed by atoms with van der Waals surface area (Å²) >= 11 is 0. The summed E-state index contributed by atoms with van der Waals surface area (Å²) in [4.78, 5) is 0. The van der Waals surface area contributed by atoms with Crippen LogP contribution in [-0.4, -0.2) is 12.5 Å². The van der Waals surface area contributed by atoms with Crippen molar-refractivity contribution < 1.29 is 5.02 Å². The summed E-state index contributed by atoms with van der Waals surface area (Å²) in [7, 11) is 1.24. The topological polar surface area (TPSA) is 20.2 Å². The Morgan fingerprint density at radius 2 is 1.43 bits per heavy atom. The van der Waals surface area contributed by atoms with Crippen LogP contribution in [0.1, 0.15) is 50.7 Å². The van der Waals surface area contributed by atoms with Crippen molar-refractivity contribution in [2.24, 2.45) is 0 Å². The standard InChI is InChI=1S/C12H18BO/c1-8(2)10-6-5-7-11(9(3)4)12(10)13-14/h5-9,14H,1-4H3. The van der Waals surface area contributed by atoms with Crippen LogP contribution < -0.4 is 5.46 Å². The highest BCUT2D eigenvalue weighted by Gasteiger charge is 2.13. The van der Waals surface area contributed by atoms with Crippen molar-refractivity contribution in [3.05, 3.63) is 29.3 Å². The van der Waals surface area contributed by atoms with Crippen LogP contribution in [-0.2, 0) is 0 Å². The molecular formula is C12H18BO. The predicted octanol–water partition coefficient (Wildman–Crippen LogP) is 2.17. The molecule has 0 atom stereocenters. The first-order valence-electron chi connectivity index (χ1n) is 5.18. The number of rotatable bonds is 3. The molecule has 0 aliphatic rings. The van der Waals surface area contributed by atoms with Crippen LogP contribution in [0.15, 0.2) is 18.2 Å². The third-order valence-corrected chi connectivity index (χ3v) is 2.55. The Kier molecular flexibility index (Phi) is 3.76. The summed E-state index contributed by atoms with van der Waals surface area (Å²) in [5, 5.41) is 9.27. The first-order valence-corrected chi connectivity index (χ1v) is 5.18. The van der Waals surface area contributed by atoms with Crippen LogP contribution in [0.4, 0.5) is 0 Å². The fourth-order valence-electron chi connectivity index (χ4n) is 1.76. The van der Waals surface area contributed by atoms with Gasteiger partial charge in [0.1, 0.15) is 0 Å². The van der Waals surface area contributed by atoms with Crippen molar-refractivity contribution in [3.63, 3.8) is 0 Å². The zero-order chi connectivity index (χ0) is 10.7. The van der Waals surface area contributed by atoms with Crippen LogP contribution >= 0.6 is 0 Å². The molecule has 0 unspecified atom stereocenters. The Bertz CT molecular complexity index is 279. The Morgan fingerprint density at radius 3 is 1.71 bits per heavy atom. The molecule has 0 aliphatic heterocycles. The molecule has 0 bridgehead atoms. The van der Waals surface area contributed by atoms with Crippen LogP contribution in [0.5, 0.6) is 0 Å². The molecule has 1 N–H and O–H groups in total. The van der Waals surface area contributed by atoms with Gasteiger partial charge < -0.3 is 5.02 Å². The van der Waals surface area contributed by atoms with Gasteiger partial charge in [0.15, 0.2) is 0 Å². The molecule has 0 fully saturated rings. The summed E-state index contributed by atoms with van der Waals surface area (Å²) in [6.45, 7) is 8.58. The molecule has 0 aromatic heterocycles. The highest BCUT2D eigenvalue weighted by Crippen LogP contribution is 2.18. The Hall–Kier alpha value is -0.755. The average molecular weight is 189 g/mol. The second-order valence-corrected chi connectivity index (χ2v) is 4.29. The predicted molar refractivity (Wildman–Crippen MR) is 62.2 cm³/mol. The second-order valence-electron chi connectivity index (χ2n) is 4.29. The highest BCUT2D eigenvalue weighted by molar-refractivity contribution is 6.47. The lowest BCUT2D eigenvalue weighted by Crippen LogP contribution is -2.25. The molecule has 0 saturated heterocycles. The minimum absolute atomic E-state index is 0.451. The van der Waals surface area contributed by atoms with Gasteiger partial charge in [-0.25, -0.2) is 0 Å². The fourth-order valence-corrected chi connectivity index (χ4v) is 1.76. The first-order chi connectivity index (χ1) is 6.57. The Labute approximate surface area is 87.4 Å². The summed E-state index contributed by atoms with van der Waals surface area (Å²) in [6, 6.07) is 6.23. The zero-order valence-corrected chi connectivity index (χ0v) is 9.41. The highest BCUT2D eigenvalue weighted by atomic mass is 16.2. The van der Waals surface area contributed by atoms with Gasteiger partial charge in [0, 0.05) is 0 Å². The van der Waals surface area contributed by atoms with Gasteiger partial charge in [0.25, 0.3) is 0 Å². The molecule has 14 heavy (non-hydrogen) atoms. The third kappa shape index (κ3) is 2.18. The lowest BCUT2D eigenvalue weighted by molar-refractivity contribution is 0.613. The number of benzene rings is 1. The molecule has 2 heteroatoms. The maximum absolute atomic E-state index is 9.27. The van der Waals surface area contributed by atoms with E-state index in [1.165, 1.54) is 18.6 Å². The van der Waals surface area contributed by atoms with Crippen molar-refractivity contribution >= 4 is 12.9 Å². The van der Waals surface area contributed by atoms with Crippen molar-refractivity contribution in [2.45, 2.75) is 39.5 Å². The minimum Gasteiger partial charge on any atom is -0.450 e. The monoisotopic (exact) mass is 189 g/mol. The molecule has 0 heterocycles. The van der Waals surface area contributed by atoms with Gasteiger partial charge in [-0.3, -0.25) is 0 Å². The quantitative estimate of drug-likeness (QED) is 0.722. The SMILES string of the molecule is CC(C)c1cccc(C(C)C)c1[B]O. The molecule has 0 saturated carbocycles. The molecule has 0 aliphatic carbocycles. The average Bonchev–Trinajstić information content (AvgIpc) is 2.16. The van der Waals surface area contributed by atoms with E-state index in [0.717, 1.165) is 5.46 Å². The summed E-state index contributed by atoms with van der Waals surface area (Å²) in [5.41, 5.74) is 3.44. The van der Waals surface area contributed by atoms with Crippen LogP contribution in [0.3, 0.4) is 0 Å². The molecule has 1 nitrogen and oxygen atoms in total. The van der Waals surface area contributed by atoms with Crippen LogP contribution in [0, 0.1) is 0 Å². The lowest BCUT2D eigenvalue weighted by Gasteiger charge is -2.17. The molecule has 1 rings (SSSR count). The van der Waals surface area contributed by atoms with Gasteiger partial charge in [-0.15, -0.1) is 0 Å². The van der Waals surface area contributed by atoms with Crippen LogP contribution in [0.25, 0.3) is 0 Å². The van der Waals surface area contributed by atoms with E-state index in [1.807, 2.05) is 0 Å². The molecule has 1 aromatic carbocycles. The van der Waals surface area contributed by atoms with E-state index in [1.54, 1.807) is 0 Å². The first kappa shape index (κ1) is 11.3.